The first-order chi connectivity index (χ1) is 14.7. The summed E-state index contributed by atoms with van der Waals surface area (Å²) in [7, 11) is 0. The number of carbonyl (C=O) groups excluding carboxylic acids is 2. The van der Waals surface area contributed by atoms with Crippen molar-refractivity contribution in [3.05, 3.63) is 84.4 Å². The van der Waals surface area contributed by atoms with Crippen LogP contribution in [-0.2, 0) is 4.79 Å². The highest BCUT2D eigenvalue weighted by molar-refractivity contribution is 6.01. The number of ether oxygens (including phenoxy) is 1. The first kappa shape index (κ1) is 19.5. The molecule has 30 heavy (non-hydrogen) atoms. The van der Waals surface area contributed by atoms with Gasteiger partial charge in [-0.05, 0) is 49.2 Å². The summed E-state index contributed by atoms with van der Waals surface area (Å²) in [5, 5.41) is 8.90. The van der Waals surface area contributed by atoms with Crippen molar-refractivity contribution in [2.75, 3.05) is 17.2 Å². The van der Waals surface area contributed by atoms with Crippen molar-refractivity contribution >= 4 is 23.2 Å². The number of nitrogens with one attached hydrogen (secondary N) is 3. The van der Waals surface area contributed by atoms with Crippen molar-refractivity contribution in [2.24, 2.45) is 0 Å². The standard InChI is InChI=1S/C24H23N3O3/c28-23(16-25-20-11-5-4-10-19(20)24(29)26-17-14-15-17)27-21-12-6-7-13-22(21)30-18-8-2-1-3-9-18/h1-13,17,25H,14-16H2,(H,26,29)(H,27,28). The summed E-state index contributed by atoms with van der Waals surface area (Å²) < 4.78 is 5.88. The minimum Gasteiger partial charge on any atom is -0.455 e. The molecule has 3 N–H and O–H groups in total. The average Bonchev–Trinajstić information content (AvgIpc) is 3.58. The highest BCUT2D eigenvalue weighted by Crippen LogP contribution is 2.29. The highest BCUT2D eigenvalue weighted by Gasteiger charge is 2.24. The Morgan fingerprint density at radius 1 is 0.833 bits per heavy atom. The van der Waals surface area contributed by atoms with Crippen LogP contribution in [0.2, 0.25) is 0 Å². The second-order valence-electron chi connectivity index (χ2n) is 7.11. The number of hydrogen-bond donors (Lipinski definition) is 3. The van der Waals surface area contributed by atoms with Crippen LogP contribution >= 0.6 is 0 Å². The molecule has 1 fully saturated rings. The third-order valence-corrected chi connectivity index (χ3v) is 4.66. The van der Waals surface area contributed by atoms with Crippen LogP contribution in [0.25, 0.3) is 0 Å². The number of rotatable bonds is 8. The number of benzene rings is 3. The van der Waals surface area contributed by atoms with Crippen molar-refractivity contribution in [2.45, 2.75) is 18.9 Å². The lowest BCUT2D eigenvalue weighted by molar-refractivity contribution is -0.114. The maximum atomic E-state index is 12.5. The zero-order valence-electron chi connectivity index (χ0n) is 16.4. The fourth-order valence-corrected chi connectivity index (χ4v) is 2.97. The normalized spacial score (nSPS) is 12.7. The topological polar surface area (TPSA) is 79.5 Å². The summed E-state index contributed by atoms with van der Waals surface area (Å²) in [6, 6.07) is 24.1. The largest absolute Gasteiger partial charge is 0.455 e. The summed E-state index contributed by atoms with van der Waals surface area (Å²) in [6.07, 6.45) is 2.04. The van der Waals surface area contributed by atoms with Crippen molar-refractivity contribution in [1.29, 1.82) is 0 Å². The fourth-order valence-electron chi connectivity index (χ4n) is 2.97. The Kier molecular flexibility index (Phi) is 5.94. The van der Waals surface area contributed by atoms with Crippen LogP contribution in [0.15, 0.2) is 78.9 Å². The maximum absolute atomic E-state index is 12.5. The molecule has 0 heterocycles. The molecule has 0 spiro atoms. The average molecular weight is 401 g/mol. The molecule has 0 radical (unpaired) electrons. The molecule has 2 amide bonds. The van der Waals surface area contributed by atoms with Crippen LogP contribution in [0, 0.1) is 0 Å². The first-order valence-electron chi connectivity index (χ1n) is 9.94. The van der Waals surface area contributed by atoms with Crippen LogP contribution in [0.3, 0.4) is 0 Å². The minimum absolute atomic E-state index is 0.0212. The van der Waals surface area contributed by atoms with Crippen molar-refractivity contribution in [3.8, 4) is 11.5 Å². The van der Waals surface area contributed by atoms with Gasteiger partial charge in [-0.1, -0.05) is 42.5 Å². The number of anilines is 2. The molecule has 0 aromatic heterocycles. The van der Waals surface area contributed by atoms with E-state index < -0.39 is 0 Å². The lowest BCUT2D eigenvalue weighted by Crippen LogP contribution is -2.27. The van der Waals surface area contributed by atoms with Gasteiger partial charge in [-0.25, -0.2) is 0 Å². The molecule has 4 rings (SSSR count). The van der Waals surface area contributed by atoms with Gasteiger partial charge in [-0.15, -0.1) is 0 Å². The molecule has 3 aromatic carbocycles. The van der Waals surface area contributed by atoms with Crippen molar-refractivity contribution in [3.63, 3.8) is 0 Å². The summed E-state index contributed by atoms with van der Waals surface area (Å²) in [4.78, 5) is 24.9. The SMILES string of the molecule is O=C(CNc1ccccc1C(=O)NC1CC1)Nc1ccccc1Oc1ccccc1. The molecule has 3 aromatic rings. The van der Waals surface area contributed by atoms with Crippen LogP contribution in [-0.4, -0.2) is 24.4 Å². The van der Waals surface area contributed by atoms with E-state index in [1.54, 1.807) is 24.3 Å². The molecule has 0 unspecified atom stereocenters. The van der Waals surface area contributed by atoms with Gasteiger partial charge in [-0.2, -0.15) is 0 Å². The summed E-state index contributed by atoms with van der Waals surface area (Å²) in [6.45, 7) is 0.0212. The van der Waals surface area contributed by atoms with Crippen LogP contribution in [0.4, 0.5) is 11.4 Å². The zero-order chi connectivity index (χ0) is 20.8. The lowest BCUT2D eigenvalue weighted by Gasteiger charge is -2.14. The second-order valence-corrected chi connectivity index (χ2v) is 7.11. The Hall–Kier alpha value is -3.80. The van der Waals surface area contributed by atoms with Crippen LogP contribution < -0.4 is 20.7 Å². The number of para-hydroxylation sites is 4. The van der Waals surface area contributed by atoms with E-state index in [-0.39, 0.29) is 24.4 Å². The van der Waals surface area contributed by atoms with Gasteiger partial charge in [0.2, 0.25) is 5.91 Å². The molecule has 1 aliphatic rings. The molecule has 1 saturated carbocycles. The Bertz CT molecular complexity index is 1030. The fraction of sp³-hybridized carbons (Fsp3) is 0.167. The summed E-state index contributed by atoms with van der Waals surface area (Å²) >= 11 is 0. The Balaban J connectivity index is 1.39. The van der Waals surface area contributed by atoms with E-state index in [2.05, 4.69) is 16.0 Å². The van der Waals surface area contributed by atoms with E-state index in [0.29, 0.717) is 28.4 Å². The van der Waals surface area contributed by atoms with E-state index in [9.17, 15) is 9.59 Å². The quantitative estimate of drug-likeness (QED) is 0.522. The van der Waals surface area contributed by atoms with Gasteiger partial charge < -0.3 is 20.7 Å². The smallest absolute Gasteiger partial charge is 0.253 e. The lowest BCUT2D eigenvalue weighted by atomic mass is 10.1. The number of hydrogen-bond acceptors (Lipinski definition) is 4. The Morgan fingerprint density at radius 2 is 1.50 bits per heavy atom. The Morgan fingerprint density at radius 3 is 2.27 bits per heavy atom. The molecule has 1 aliphatic carbocycles. The molecule has 0 atom stereocenters. The maximum Gasteiger partial charge on any atom is 0.253 e. The minimum atomic E-state index is -0.239. The molecular formula is C24H23N3O3. The molecule has 0 aliphatic heterocycles. The van der Waals surface area contributed by atoms with E-state index in [1.165, 1.54) is 0 Å². The summed E-state index contributed by atoms with van der Waals surface area (Å²) in [5.41, 5.74) is 1.73. The highest BCUT2D eigenvalue weighted by atomic mass is 16.5. The van der Waals surface area contributed by atoms with Crippen molar-refractivity contribution < 1.29 is 14.3 Å². The van der Waals surface area contributed by atoms with Crippen LogP contribution in [0.1, 0.15) is 23.2 Å². The molecule has 152 valence electrons. The van der Waals surface area contributed by atoms with Gasteiger partial charge in [0.05, 0.1) is 17.8 Å². The van der Waals surface area contributed by atoms with E-state index in [4.69, 9.17) is 4.74 Å². The molecule has 6 nitrogen and oxygen atoms in total. The second kappa shape index (κ2) is 9.13. The zero-order valence-corrected chi connectivity index (χ0v) is 16.4. The molecule has 0 saturated heterocycles. The van der Waals surface area contributed by atoms with Gasteiger partial charge in [0.25, 0.3) is 5.91 Å². The number of amides is 2. The Labute approximate surface area is 175 Å². The van der Waals surface area contributed by atoms with E-state index in [0.717, 1.165) is 12.8 Å². The van der Waals surface area contributed by atoms with Gasteiger partial charge in [0, 0.05) is 11.7 Å². The third kappa shape index (κ3) is 5.17. The van der Waals surface area contributed by atoms with Gasteiger partial charge in [-0.3, -0.25) is 9.59 Å². The molecular weight excluding hydrogens is 378 g/mol. The van der Waals surface area contributed by atoms with E-state index >= 15 is 0 Å². The van der Waals surface area contributed by atoms with Crippen molar-refractivity contribution in [1.82, 2.24) is 5.32 Å². The monoisotopic (exact) mass is 401 g/mol. The third-order valence-electron chi connectivity index (χ3n) is 4.66. The van der Waals surface area contributed by atoms with Gasteiger partial charge in [0.15, 0.2) is 5.75 Å². The molecule has 6 heteroatoms. The predicted molar refractivity (Wildman–Crippen MR) is 117 cm³/mol. The predicted octanol–water partition coefficient (Wildman–Crippen LogP) is 4.42. The first-order valence-corrected chi connectivity index (χ1v) is 9.94. The number of carbonyl (C=O) groups is 2. The van der Waals surface area contributed by atoms with Crippen LogP contribution in [0.5, 0.6) is 11.5 Å². The summed E-state index contributed by atoms with van der Waals surface area (Å²) in [5.74, 6) is 0.883. The van der Waals surface area contributed by atoms with E-state index in [1.807, 2.05) is 54.6 Å². The molecule has 0 bridgehead atoms. The van der Waals surface area contributed by atoms with Gasteiger partial charge in [0.1, 0.15) is 5.75 Å². The van der Waals surface area contributed by atoms with Gasteiger partial charge >= 0.3 is 0 Å².